The topological polar surface area (TPSA) is 69.7 Å². The Labute approximate surface area is 161 Å². The number of benzene rings is 2. The molecule has 0 spiro atoms. The molecule has 0 aliphatic heterocycles. The van der Waals surface area contributed by atoms with Gasteiger partial charge >= 0.3 is 11.6 Å². The fourth-order valence-electron chi connectivity index (χ4n) is 3.34. The van der Waals surface area contributed by atoms with Crippen LogP contribution in [0.5, 0.6) is 0 Å². The second-order valence-corrected chi connectivity index (χ2v) is 7.07. The Hall–Kier alpha value is -3.34. The molecular weight excluding hydrogens is 356 g/mol. The number of fused-ring (bicyclic) bond motifs is 2. The zero-order chi connectivity index (χ0) is 19.8. The van der Waals surface area contributed by atoms with Gasteiger partial charge in [-0.3, -0.25) is 4.79 Å². The lowest BCUT2D eigenvalue weighted by Crippen LogP contribution is -2.10. The Kier molecular flexibility index (Phi) is 4.51. The van der Waals surface area contributed by atoms with E-state index >= 15 is 0 Å². The van der Waals surface area contributed by atoms with Crippen LogP contribution in [0.3, 0.4) is 0 Å². The molecule has 2 aromatic carbocycles. The van der Waals surface area contributed by atoms with E-state index in [9.17, 15) is 9.59 Å². The quantitative estimate of drug-likeness (QED) is 0.380. The summed E-state index contributed by atoms with van der Waals surface area (Å²) in [5.41, 5.74) is 5.28. The Morgan fingerprint density at radius 3 is 2.61 bits per heavy atom. The highest BCUT2D eigenvalue weighted by atomic mass is 16.5. The number of hydrogen-bond acceptors (Lipinski definition) is 5. The fraction of sp³-hybridized carbons (Fsp3) is 0.217. The largest absolute Gasteiger partial charge is 0.464 e. The number of esters is 1. The van der Waals surface area contributed by atoms with Crippen LogP contribution in [-0.4, -0.2) is 5.97 Å². The number of carbonyl (C=O) groups excluding carboxylic acids is 1. The zero-order valence-electron chi connectivity index (χ0n) is 16.0. The minimum atomic E-state index is -0.455. The molecule has 0 saturated heterocycles. The van der Waals surface area contributed by atoms with Crippen molar-refractivity contribution in [2.75, 3.05) is 0 Å². The van der Waals surface area contributed by atoms with Crippen molar-refractivity contribution in [1.82, 2.24) is 0 Å². The van der Waals surface area contributed by atoms with Gasteiger partial charge in [0.2, 0.25) is 0 Å². The monoisotopic (exact) mass is 376 g/mol. The van der Waals surface area contributed by atoms with E-state index in [0.29, 0.717) is 11.1 Å². The molecule has 4 rings (SSSR count). The summed E-state index contributed by atoms with van der Waals surface area (Å²) in [5.74, 6) is -0.381. The third-order valence-corrected chi connectivity index (χ3v) is 5.05. The standard InChI is InChI=1S/C23H20O5/c1-13-4-6-18-16(11-26-20(18)8-13)9-21(24)27-12-17-10-22(25)28-23-15(3)14(2)5-7-19(17)23/h4-8,10-11H,9,12H2,1-3H3. The van der Waals surface area contributed by atoms with E-state index in [-0.39, 0.29) is 19.0 Å². The molecule has 0 aliphatic carbocycles. The van der Waals surface area contributed by atoms with Gasteiger partial charge in [-0.2, -0.15) is 0 Å². The zero-order valence-corrected chi connectivity index (χ0v) is 16.0. The van der Waals surface area contributed by atoms with Gasteiger partial charge < -0.3 is 13.6 Å². The molecule has 0 fully saturated rings. The molecule has 4 aromatic rings. The summed E-state index contributed by atoms with van der Waals surface area (Å²) in [6.45, 7) is 5.86. The lowest BCUT2D eigenvalue weighted by Gasteiger charge is -2.09. The molecular formula is C23H20O5. The van der Waals surface area contributed by atoms with Crippen molar-refractivity contribution in [1.29, 1.82) is 0 Å². The number of hydrogen-bond donors (Lipinski definition) is 0. The minimum absolute atomic E-state index is 0.0122. The summed E-state index contributed by atoms with van der Waals surface area (Å²) in [5, 5.41) is 1.68. The second kappa shape index (κ2) is 7.00. The maximum Gasteiger partial charge on any atom is 0.336 e. The number of carbonyl (C=O) groups is 1. The van der Waals surface area contributed by atoms with Crippen LogP contribution in [0.4, 0.5) is 0 Å². The molecule has 5 heteroatoms. The molecule has 2 heterocycles. The highest BCUT2D eigenvalue weighted by Gasteiger charge is 2.14. The third-order valence-electron chi connectivity index (χ3n) is 5.05. The molecule has 0 unspecified atom stereocenters. The van der Waals surface area contributed by atoms with Crippen molar-refractivity contribution in [3.63, 3.8) is 0 Å². The van der Waals surface area contributed by atoms with Crippen molar-refractivity contribution < 1.29 is 18.4 Å². The fourth-order valence-corrected chi connectivity index (χ4v) is 3.34. The molecule has 5 nitrogen and oxygen atoms in total. The number of rotatable bonds is 4. The van der Waals surface area contributed by atoms with Gasteiger partial charge in [-0.15, -0.1) is 0 Å². The smallest absolute Gasteiger partial charge is 0.336 e. The van der Waals surface area contributed by atoms with Crippen LogP contribution in [-0.2, 0) is 22.6 Å². The van der Waals surface area contributed by atoms with Crippen molar-refractivity contribution in [3.05, 3.63) is 80.9 Å². The summed E-state index contributed by atoms with van der Waals surface area (Å²) < 4.78 is 16.3. The lowest BCUT2D eigenvalue weighted by atomic mass is 10.0. The summed E-state index contributed by atoms with van der Waals surface area (Å²) in [6, 6.07) is 11.1. The van der Waals surface area contributed by atoms with Gasteiger partial charge in [0.15, 0.2) is 0 Å². The van der Waals surface area contributed by atoms with E-state index in [1.807, 2.05) is 51.1 Å². The number of ether oxygens (including phenoxy) is 1. The van der Waals surface area contributed by atoms with E-state index in [2.05, 4.69) is 0 Å². The Balaban J connectivity index is 1.55. The first-order valence-corrected chi connectivity index (χ1v) is 9.07. The molecule has 0 N–H and O–H groups in total. The Bertz CT molecular complexity index is 1260. The molecule has 142 valence electrons. The highest BCUT2D eigenvalue weighted by molar-refractivity contribution is 5.87. The van der Waals surface area contributed by atoms with Crippen LogP contribution < -0.4 is 5.63 Å². The van der Waals surface area contributed by atoms with Crippen LogP contribution in [0.1, 0.15) is 27.8 Å². The predicted molar refractivity (Wildman–Crippen MR) is 106 cm³/mol. The number of furan rings is 1. The molecule has 0 bridgehead atoms. The molecule has 28 heavy (non-hydrogen) atoms. The summed E-state index contributed by atoms with van der Waals surface area (Å²) >= 11 is 0. The SMILES string of the molecule is Cc1ccc2c(CC(=O)OCc3cc(=O)oc4c(C)c(C)ccc34)coc2c1. The van der Waals surface area contributed by atoms with Crippen molar-refractivity contribution in [2.24, 2.45) is 0 Å². The van der Waals surface area contributed by atoms with E-state index in [4.69, 9.17) is 13.6 Å². The summed E-state index contributed by atoms with van der Waals surface area (Å²) in [4.78, 5) is 24.3. The molecule has 0 saturated carbocycles. The first-order chi connectivity index (χ1) is 13.4. The van der Waals surface area contributed by atoms with E-state index in [0.717, 1.165) is 38.6 Å². The Morgan fingerprint density at radius 2 is 1.79 bits per heavy atom. The molecule has 0 amide bonds. The summed E-state index contributed by atoms with van der Waals surface area (Å²) in [6.07, 6.45) is 1.69. The van der Waals surface area contributed by atoms with Crippen molar-refractivity contribution >= 4 is 27.9 Å². The first kappa shape index (κ1) is 18.0. The lowest BCUT2D eigenvalue weighted by molar-refractivity contribution is -0.144. The van der Waals surface area contributed by atoms with Crippen LogP contribution in [0, 0.1) is 20.8 Å². The van der Waals surface area contributed by atoms with Gasteiger partial charge in [-0.05, 0) is 43.5 Å². The predicted octanol–water partition coefficient (Wildman–Crippen LogP) is 4.75. The van der Waals surface area contributed by atoms with Gasteiger partial charge in [-0.1, -0.05) is 24.3 Å². The minimum Gasteiger partial charge on any atom is -0.464 e. The third kappa shape index (κ3) is 3.31. The number of aryl methyl sites for hydroxylation is 3. The van der Waals surface area contributed by atoms with Gasteiger partial charge in [0.25, 0.3) is 0 Å². The van der Waals surface area contributed by atoms with Gasteiger partial charge in [0.1, 0.15) is 17.8 Å². The van der Waals surface area contributed by atoms with Crippen molar-refractivity contribution in [2.45, 2.75) is 33.8 Å². The van der Waals surface area contributed by atoms with E-state index in [1.165, 1.54) is 6.07 Å². The average Bonchev–Trinajstić information content (AvgIpc) is 3.05. The normalized spacial score (nSPS) is 11.2. The maximum atomic E-state index is 12.4. The van der Waals surface area contributed by atoms with Gasteiger partial charge in [-0.25, -0.2) is 4.79 Å². The molecule has 0 atom stereocenters. The van der Waals surface area contributed by atoms with Crippen LogP contribution in [0.15, 0.2) is 56.3 Å². The molecule has 0 aliphatic rings. The molecule has 0 radical (unpaired) electrons. The highest BCUT2D eigenvalue weighted by Crippen LogP contribution is 2.25. The average molecular weight is 376 g/mol. The van der Waals surface area contributed by atoms with Crippen LogP contribution >= 0.6 is 0 Å². The maximum absolute atomic E-state index is 12.4. The second-order valence-electron chi connectivity index (χ2n) is 7.07. The van der Waals surface area contributed by atoms with E-state index < -0.39 is 5.63 Å². The van der Waals surface area contributed by atoms with Gasteiger partial charge in [0.05, 0.1) is 12.7 Å². The van der Waals surface area contributed by atoms with E-state index in [1.54, 1.807) is 6.26 Å². The summed E-state index contributed by atoms with van der Waals surface area (Å²) in [7, 11) is 0. The van der Waals surface area contributed by atoms with Crippen molar-refractivity contribution in [3.8, 4) is 0 Å². The van der Waals surface area contributed by atoms with Crippen LogP contribution in [0.25, 0.3) is 21.9 Å². The van der Waals surface area contributed by atoms with Crippen LogP contribution in [0.2, 0.25) is 0 Å². The molecule has 2 aromatic heterocycles. The first-order valence-electron chi connectivity index (χ1n) is 9.07. The Morgan fingerprint density at radius 1 is 1.00 bits per heavy atom. The van der Waals surface area contributed by atoms with Gasteiger partial charge in [0, 0.05) is 28.0 Å².